The average molecular weight is 421 g/mol. The van der Waals surface area contributed by atoms with E-state index < -0.39 is 0 Å². The summed E-state index contributed by atoms with van der Waals surface area (Å²) in [4.78, 5) is 15.3. The number of fused-ring (bicyclic) bond motifs is 1. The predicted octanol–water partition coefficient (Wildman–Crippen LogP) is 4.43. The molecule has 3 aromatic rings. The second-order valence-corrected chi connectivity index (χ2v) is 8.56. The standard InChI is InChI=1S/C23H24N4O2S/c1-2-26-22(17-12-13-17)24-25-23(26)30-15-21(28)27-18-10-6-7-11-20(18)29-14-19(27)16-8-4-3-5-9-16/h3-11,17,19H,2,12-15H2,1H3/t19-/m1/s1. The number of hydrogen-bond donors (Lipinski definition) is 0. The van der Waals surface area contributed by atoms with Crippen molar-refractivity contribution < 1.29 is 9.53 Å². The van der Waals surface area contributed by atoms with Gasteiger partial charge in [-0.15, -0.1) is 10.2 Å². The Morgan fingerprint density at radius 1 is 1.10 bits per heavy atom. The molecule has 0 bridgehead atoms. The van der Waals surface area contributed by atoms with E-state index in [0.717, 1.165) is 34.5 Å². The molecular formula is C23H24N4O2S. The highest BCUT2D eigenvalue weighted by Crippen LogP contribution is 2.41. The number of thioether (sulfide) groups is 1. The zero-order valence-electron chi connectivity index (χ0n) is 16.9. The van der Waals surface area contributed by atoms with Crippen molar-refractivity contribution in [3.05, 3.63) is 66.0 Å². The van der Waals surface area contributed by atoms with Crippen LogP contribution in [-0.4, -0.2) is 33.0 Å². The van der Waals surface area contributed by atoms with E-state index in [2.05, 4.69) is 21.7 Å². The molecule has 1 aliphatic carbocycles. The van der Waals surface area contributed by atoms with Crippen LogP contribution in [0.5, 0.6) is 5.75 Å². The van der Waals surface area contributed by atoms with E-state index in [9.17, 15) is 4.79 Å². The molecular weight excluding hydrogens is 396 g/mol. The maximum Gasteiger partial charge on any atom is 0.238 e. The van der Waals surface area contributed by atoms with Gasteiger partial charge in [-0.25, -0.2) is 0 Å². The van der Waals surface area contributed by atoms with Crippen LogP contribution in [0.1, 0.15) is 43.1 Å². The summed E-state index contributed by atoms with van der Waals surface area (Å²) in [5, 5.41) is 9.58. The molecule has 6 nitrogen and oxygen atoms in total. The highest BCUT2D eigenvalue weighted by atomic mass is 32.2. The fourth-order valence-corrected chi connectivity index (χ4v) is 4.83. The number of hydrogen-bond acceptors (Lipinski definition) is 5. The molecule has 30 heavy (non-hydrogen) atoms. The molecule has 1 saturated carbocycles. The number of nitrogens with zero attached hydrogens (tertiary/aromatic N) is 4. The van der Waals surface area contributed by atoms with Gasteiger partial charge < -0.3 is 9.30 Å². The first-order valence-corrected chi connectivity index (χ1v) is 11.4. The third-order valence-electron chi connectivity index (χ3n) is 5.62. The van der Waals surface area contributed by atoms with Gasteiger partial charge in [0.15, 0.2) is 5.16 Å². The molecule has 0 spiro atoms. The van der Waals surface area contributed by atoms with Crippen molar-refractivity contribution in [2.24, 2.45) is 0 Å². The van der Waals surface area contributed by atoms with Gasteiger partial charge in [0.2, 0.25) is 5.91 Å². The van der Waals surface area contributed by atoms with Crippen molar-refractivity contribution >= 4 is 23.4 Å². The van der Waals surface area contributed by atoms with E-state index in [1.807, 2.05) is 59.5 Å². The topological polar surface area (TPSA) is 60.2 Å². The number of anilines is 1. The molecule has 0 saturated heterocycles. The first-order valence-electron chi connectivity index (χ1n) is 10.4. The molecule has 2 heterocycles. The quantitative estimate of drug-likeness (QED) is 0.552. The normalized spacial score (nSPS) is 18.0. The highest BCUT2D eigenvalue weighted by molar-refractivity contribution is 7.99. The lowest BCUT2D eigenvalue weighted by Crippen LogP contribution is -2.42. The van der Waals surface area contributed by atoms with Gasteiger partial charge in [0.05, 0.1) is 17.5 Å². The van der Waals surface area contributed by atoms with Gasteiger partial charge in [-0.2, -0.15) is 0 Å². The highest BCUT2D eigenvalue weighted by Gasteiger charge is 2.34. The number of para-hydroxylation sites is 2. The third kappa shape index (κ3) is 3.58. The molecule has 0 N–H and O–H groups in total. The van der Waals surface area contributed by atoms with Crippen LogP contribution in [-0.2, 0) is 11.3 Å². The Balaban J connectivity index is 1.40. The van der Waals surface area contributed by atoms with E-state index in [0.29, 0.717) is 18.3 Å². The summed E-state index contributed by atoms with van der Waals surface area (Å²) >= 11 is 1.47. The largest absolute Gasteiger partial charge is 0.489 e. The zero-order valence-corrected chi connectivity index (χ0v) is 17.7. The maximum atomic E-state index is 13.5. The number of carbonyl (C=O) groups is 1. The molecule has 1 aliphatic heterocycles. The summed E-state index contributed by atoms with van der Waals surface area (Å²) in [5.41, 5.74) is 1.89. The summed E-state index contributed by atoms with van der Waals surface area (Å²) in [6.45, 7) is 3.36. The minimum absolute atomic E-state index is 0.0447. The van der Waals surface area contributed by atoms with Gasteiger partial charge in [-0.1, -0.05) is 54.2 Å². The Bertz CT molecular complexity index is 1050. The summed E-state index contributed by atoms with van der Waals surface area (Å²) in [6, 6.07) is 17.7. The Morgan fingerprint density at radius 2 is 1.87 bits per heavy atom. The van der Waals surface area contributed by atoms with Crippen molar-refractivity contribution in [2.75, 3.05) is 17.3 Å². The van der Waals surface area contributed by atoms with Crippen LogP contribution in [0.2, 0.25) is 0 Å². The van der Waals surface area contributed by atoms with Gasteiger partial charge in [0, 0.05) is 12.5 Å². The third-order valence-corrected chi connectivity index (χ3v) is 6.57. The smallest absolute Gasteiger partial charge is 0.238 e. The molecule has 1 fully saturated rings. The Labute approximate surface area is 180 Å². The molecule has 154 valence electrons. The average Bonchev–Trinajstić information content (AvgIpc) is 3.56. The van der Waals surface area contributed by atoms with Crippen LogP contribution in [0.4, 0.5) is 5.69 Å². The van der Waals surface area contributed by atoms with Crippen LogP contribution in [0.3, 0.4) is 0 Å². The number of rotatable bonds is 6. The Kier molecular flexibility index (Phi) is 5.21. The van der Waals surface area contributed by atoms with E-state index in [4.69, 9.17) is 4.74 Å². The van der Waals surface area contributed by atoms with Crippen molar-refractivity contribution in [3.63, 3.8) is 0 Å². The fourth-order valence-electron chi connectivity index (χ4n) is 3.96. The van der Waals surface area contributed by atoms with Crippen molar-refractivity contribution in [1.29, 1.82) is 0 Å². The molecule has 0 radical (unpaired) electrons. The molecule has 0 unspecified atom stereocenters. The summed E-state index contributed by atoms with van der Waals surface area (Å²) < 4.78 is 8.13. The first kappa shape index (κ1) is 19.2. The van der Waals surface area contributed by atoms with E-state index >= 15 is 0 Å². The number of ether oxygens (including phenoxy) is 1. The summed E-state index contributed by atoms with van der Waals surface area (Å²) in [5.74, 6) is 2.70. The van der Waals surface area contributed by atoms with Crippen molar-refractivity contribution in [1.82, 2.24) is 14.8 Å². The molecule has 2 aromatic carbocycles. The van der Waals surface area contributed by atoms with E-state index in [-0.39, 0.29) is 11.9 Å². The van der Waals surface area contributed by atoms with Crippen LogP contribution in [0.15, 0.2) is 59.8 Å². The zero-order chi connectivity index (χ0) is 20.5. The Hall–Kier alpha value is -2.80. The molecule has 1 amide bonds. The lowest BCUT2D eigenvalue weighted by atomic mass is 10.0. The predicted molar refractivity (Wildman–Crippen MR) is 117 cm³/mol. The summed E-state index contributed by atoms with van der Waals surface area (Å²) in [7, 11) is 0. The number of amides is 1. The van der Waals surface area contributed by atoms with Gasteiger partial charge >= 0.3 is 0 Å². The molecule has 7 heteroatoms. The monoisotopic (exact) mass is 420 g/mol. The number of aromatic nitrogens is 3. The second kappa shape index (κ2) is 8.14. The minimum Gasteiger partial charge on any atom is -0.489 e. The summed E-state index contributed by atoms with van der Waals surface area (Å²) in [6.07, 6.45) is 2.37. The second-order valence-electron chi connectivity index (χ2n) is 7.62. The lowest BCUT2D eigenvalue weighted by molar-refractivity contribution is -0.117. The first-order chi connectivity index (χ1) is 14.8. The fraction of sp³-hybridized carbons (Fsp3) is 0.348. The van der Waals surface area contributed by atoms with Crippen LogP contribution < -0.4 is 9.64 Å². The van der Waals surface area contributed by atoms with E-state index in [1.165, 1.54) is 24.6 Å². The van der Waals surface area contributed by atoms with Crippen LogP contribution >= 0.6 is 11.8 Å². The number of benzene rings is 2. The lowest BCUT2D eigenvalue weighted by Gasteiger charge is -2.37. The Morgan fingerprint density at radius 3 is 2.63 bits per heavy atom. The molecule has 2 aliphatic rings. The molecule has 1 aromatic heterocycles. The molecule has 5 rings (SSSR count). The van der Waals surface area contributed by atoms with Gasteiger partial charge in [-0.05, 0) is 37.5 Å². The van der Waals surface area contributed by atoms with E-state index in [1.54, 1.807) is 0 Å². The van der Waals surface area contributed by atoms with Crippen LogP contribution in [0.25, 0.3) is 0 Å². The van der Waals surface area contributed by atoms with Crippen LogP contribution in [0, 0.1) is 0 Å². The van der Waals surface area contributed by atoms with Crippen molar-refractivity contribution in [3.8, 4) is 5.75 Å². The maximum absolute atomic E-state index is 13.5. The van der Waals surface area contributed by atoms with Crippen molar-refractivity contribution in [2.45, 2.75) is 43.4 Å². The van der Waals surface area contributed by atoms with Gasteiger partial charge in [-0.3, -0.25) is 9.69 Å². The van der Waals surface area contributed by atoms with Gasteiger partial charge in [0.1, 0.15) is 18.2 Å². The SMILES string of the molecule is CCn1c(SCC(=O)N2c3ccccc3OC[C@@H]2c2ccccc2)nnc1C1CC1. The van der Waals surface area contributed by atoms with Gasteiger partial charge in [0.25, 0.3) is 0 Å². The molecule has 1 atom stereocenters. The minimum atomic E-state index is -0.153. The number of carbonyl (C=O) groups excluding carboxylic acids is 1.